The molecule has 0 saturated heterocycles. The van der Waals surface area contributed by atoms with Crippen LogP contribution in [-0.4, -0.2) is 43.6 Å². The Labute approximate surface area is 148 Å². The van der Waals surface area contributed by atoms with Crippen LogP contribution in [-0.2, 0) is 20.6 Å². The number of aliphatic hydroxyl groups excluding tert-OH is 1. The zero-order valence-electron chi connectivity index (χ0n) is 14.7. The van der Waals surface area contributed by atoms with Crippen LogP contribution in [0.4, 0.5) is 11.6 Å². The highest BCUT2D eigenvalue weighted by atomic mass is 16.5. The molecule has 3 heterocycles. The van der Waals surface area contributed by atoms with Crippen molar-refractivity contribution >= 4 is 22.8 Å². The Kier molecular flexibility index (Phi) is 3.62. The molecule has 0 saturated carbocycles. The van der Waals surface area contributed by atoms with Crippen molar-refractivity contribution in [1.29, 1.82) is 0 Å². The van der Waals surface area contributed by atoms with E-state index in [2.05, 4.69) is 4.98 Å². The Hall–Kier alpha value is -3.07. The van der Waals surface area contributed by atoms with Gasteiger partial charge in [0.25, 0.3) is 5.56 Å². The molecule has 1 aliphatic rings. The largest absolute Gasteiger partial charge is 0.497 e. The predicted octanol–water partition coefficient (Wildman–Crippen LogP) is -0.0451. The normalized spacial score (nSPS) is 16.8. The van der Waals surface area contributed by atoms with Gasteiger partial charge in [0.05, 0.1) is 26.3 Å². The third kappa shape index (κ3) is 2.24. The molecule has 0 radical (unpaired) electrons. The number of nitrogens with zero attached hydrogens (tertiary/aromatic N) is 5. The minimum atomic E-state index is -0.677. The predicted molar refractivity (Wildman–Crippen MR) is 96.2 cm³/mol. The van der Waals surface area contributed by atoms with Crippen LogP contribution in [0.25, 0.3) is 11.2 Å². The lowest BCUT2D eigenvalue weighted by Crippen LogP contribution is -2.40. The lowest BCUT2D eigenvalue weighted by molar-refractivity contribution is 0.154. The number of ether oxygens (including phenoxy) is 1. The molecule has 9 nitrogen and oxygen atoms in total. The van der Waals surface area contributed by atoms with Gasteiger partial charge >= 0.3 is 5.69 Å². The van der Waals surface area contributed by atoms with Crippen LogP contribution in [0.15, 0.2) is 33.9 Å². The van der Waals surface area contributed by atoms with Gasteiger partial charge in [-0.25, -0.2) is 4.79 Å². The number of fused-ring (bicyclic) bond motifs is 3. The Bertz CT molecular complexity index is 1110. The van der Waals surface area contributed by atoms with Gasteiger partial charge < -0.3 is 19.3 Å². The molecule has 1 N–H and O–H groups in total. The number of benzene rings is 1. The quantitative estimate of drug-likeness (QED) is 0.691. The van der Waals surface area contributed by atoms with Crippen LogP contribution in [0.1, 0.15) is 0 Å². The molecule has 1 atom stereocenters. The average molecular weight is 357 g/mol. The molecule has 0 amide bonds. The minimum absolute atomic E-state index is 0.242. The number of imidazole rings is 1. The summed E-state index contributed by atoms with van der Waals surface area (Å²) in [7, 11) is 4.61. The topological polar surface area (TPSA) is 94.5 Å². The number of methoxy groups -OCH3 is 1. The summed E-state index contributed by atoms with van der Waals surface area (Å²) in [6, 6.07) is 7.35. The zero-order chi connectivity index (χ0) is 18.6. The minimum Gasteiger partial charge on any atom is -0.497 e. The zero-order valence-corrected chi connectivity index (χ0v) is 14.7. The molecule has 9 heteroatoms. The highest BCUT2D eigenvalue weighted by Crippen LogP contribution is 2.31. The molecular weight excluding hydrogens is 338 g/mol. The molecule has 26 heavy (non-hydrogen) atoms. The molecule has 1 aromatic carbocycles. The van der Waals surface area contributed by atoms with Crippen molar-refractivity contribution in [2.45, 2.75) is 12.6 Å². The number of hydrogen-bond donors (Lipinski definition) is 1. The van der Waals surface area contributed by atoms with E-state index in [0.29, 0.717) is 23.7 Å². The van der Waals surface area contributed by atoms with E-state index in [1.165, 1.54) is 11.6 Å². The first-order valence-electron chi connectivity index (χ1n) is 8.18. The van der Waals surface area contributed by atoms with Crippen LogP contribution in [0.3, 0.4) is 0 Å². The van der Waals surface area contributed by atoms with Gasteiger partial charge in [-0.05, 0) is 24.3 Å². The number of rotatable bonds is 2. The van der Waals surface area contributed by atoms with Crippen LogP contribution in [0.2, 0.25) is 0 Å². The molecule has 0 bridgehead atoms. The van der Waals surface area contributed by atoms with E-state index in [9.17, 15) is 14.7 Å². The second-order valence-corrected chi connectivity index (χ2v) is 6.36. The maximum atomic E-state index is 12.6. The van der Waals surface area contributed by atoms with Crippen LogP contribution >= 0.6 is 0 Å². The van der Waals surface area contributed by atoms with Crippen LogP contribution < -0.4 is 20.9 Å². The van der Waals surface area contributed by atoms with Gasteiger partial charge in [0, 0.05) is 19.8 Å². The molecule has 0 aliphatic carbocycles. The molecule has 136 valence electrons. The van der Waals surface area contributed by atoms with Crippen molar-refractivity contribution in [3.63, 3.8) is 0 Å². The summed E-state index contributed by atoms with van der Waals surface area (Å²) in [4.78, 5) is 31.2. The lowest BCUT2D eigenvalue weighted by Gasteiger charge is -2.32. The smallest absolute Gasteiger partial charge is 0.332 e. The second-order valence-electron chi connectivity index (χ2n) is 6.36. The van der Waals surface area contributed by atoms with E-state index >= 15 is 0 Å². The van der Waals surface area contributed by atoms with E-state index < -0.39 is 17.4 Å². The fourth-order valence-corrected chi connectivity index (χ4v) is 3.36. The van der Waals surface area contributed by atoms with Gasteiger partial charge in [-0.2, -0.15) is 4.98 Å². The van der Waals surface area contributed by atoms with Gasteiger partial charge in [-0.3, -0.25) is 13.9 Å². The summed E-state index contributed by atoms with van der Waals surface area (Å²) in [6.07, 6.45) is -0.677. The lowest BCUT2D eigenvalue weighted by atomic mass is 10.2. The Balaban J connectivity index is 1.98. The third-order valence-electron chi connectivity index (χ3n) is 4.74. The van der Waals surface area contributed by atoms with E-state index in [1.807, 2.05) is 29.2 Å². The second kappa shape index (κ2) is 5.73. The van der Waals surface area contributed by atoms with Crippen molar-refractivity contribution in [1.82, 2.24) is 18.7 Å². The van der Waals surface area contributed by atoms with E-state index in [1.54, 1.807) is 18.7 Å². The maximum absolute atomic E-state index is 12.6. The average Bonchev–Trinajstić information content (AvgIpc) is 3.03. The highest BCUT2D eigenvalue weighted by Gasteiger charge is 2.30. The number of aliphatic hydroxyl groups is 1. The Morgan fingerprint density at radius 3 is 2.46 bits per heavy atom. The molecule has 0 unspecified atom stereocenters. The monoisotopic (exact) mass is 357 g/mol. The third-order valence-corrected chi connectivity index (χ3v) is 4.74. The summed E-state index contributed by atoms with van der Waals surface area (Å²) in [5.74, 6) is 1.24. The number of aromatic nitrogens is 4. The maximum Gasteiger partial charge on any atom is 0.332 e. The van der Waals surface area contributed by atoms with Crippen molar-refractivity contribution in [3.8, 4) is 5.75 Å². The Morgan fingerprint density at radius 2 is 1.81 bits per heavy atom. The highest BCUT2D eigenvalue weighted by molar-refractivity contribution is 5.77. The van der Waals surface area contributed by atoms with E-state index in [0.717, 1.165) is 16.0 Å². The summed E-state index contributed by atoms with van der Waals surface area (Å²) in [6.45, 7) is 0.579. The number of β-amino-alcohol motifs (C(OH)–C–C–N with tert-alkyl or cyclic N) is 1. The molecular formula is C17H19N5O4. The van der Waals surface area contributed by atoms with E-state index in [-0.39, 0.29) is 6.54 Å². The fourth-order valence-electron chi connectivity index (χ4n) is 3.36. The van der Waals surface area contributed by atoms with Gasteiger partial charge in [0.15, 0.2) is 11.2 Å². The van der Waals surface area contributed by atoms with Gasteiger partial charge in [-0.15, -0.1) is 0 Å². The first-order chi connectivity index (χ1) is 12.4. The number of aryl methyl sites for hydroxylation is 1. The fraction of sp³-hybridized carbons (Fsp3) is 0.353. The van der Waals surface area contributed by atoms with Crippen LogP contribution in [0.5, 0.6) is 5.75 Å². The molecule has 0 fully saturated rings. The van der Waals surface area contributed by atoms with Crippen molar-refractivity contribution in [2.75, 3.05) is 18.6 Å². The molecule has 2 aromatic heterocycles. The molecule has 1 aliphatic heterocycles. The summed E-state index contributed by atoms with van der Waals surface area (Å²) in [5, 5.41) is 10.4. The van der Waals surface area contributed by atoms with Gasteiger partial charge in [-0.1, -0.05) is 0 Å². The summed E-state index contributed by atoms with van der Waals surface area (Å²) < 4.78 is 9.26. The van der Waals surface area contributed by atoms with Crippen molar-refractivity contribution in [2.24, 2.45) is 14.1 Å². The number of hydrogen-bond acceptors (Lipinski definition) is 6. The molecule has 0 spiro atoms. The number of anilines is 2. The first kappa shape index (κ1) is 16.4. The SMILES string of the molecule is COc1ccc(N2C[C@@H](O)Cn3c2nc2c3c(=O)n(C)c(=O)n2C)cc1. The standard InChI is InChI=1S/C17H19N5O4/c1-19-14-13(15(24)20(2)17(19)25)22-9-11(23)8-21(16(22)18-14)10-4-6-12(26-3)7-5-10/h4-7,11,23H,8-9H2,1-3H3/t11-/m1/s1. The van der Waals surface area contributed by atoms with Gasteiger partial charge in [0.1, 0.15) is 5.75 Å². The molecule has 4 rings (SSSR count). The summed E-state index contributed by atoms with van der Waals surface area (Å²) in [5.41, 5.74) is 0.561. The van der Waals surface area contributed by atoms with Crippen molar-refractivity contribution < 1.29 is 9.84 Å². The van der Waals surface area contributed by atoms with Crippen LogP contribution in [0, 0.1) is 0 Å². The van der Waals surface area contributed by atoms with Gasteiger partial charge in [0.2, 0.25) is 5.95 Å². The van der Waals surface area contributed by atoms with E-state index in [4.69, 9.17) is 4.74 Å². The van der Waals surface area contributed by atoms with Crippen molar-refractivity contribution in [3.05, 3.63) is 45.1 Å². The molecule has 3 aromatic rings. The Morgan fingerprint density at radius 1 is 1.12 bits per heavy atom. The first-order valence-corrected chi connectivity index (χ1v) is 8.18. The summed E-state index contributed by atoms with van der Waals surface area (Å²) >= 11 is 0.